The Morgan fingerprint density at radius 1 is 0.953 bits per heavy atom. The topological polar surface area (TPSA) is 117 Å². The fourth-order valence-electron chi connectivity index (χ4n) is 4.64. The second-order valence-electron chi connectivity index (χ2n) is 11.1. The van der Waals surface area contributed by atoms with Crippen molar-refractivity contribution < 1.29 is 22.4 Å². The molecule has 0 saturated heterocycles. The average molecular weight is 604 g/mol. The Hall–Kier alpha value is -4.28. The maximum absolute atomic E-state index is 13.9. The van der Waals surface area contributed by atoms with Crippen molar-refractivity contribution in [1.82, 2.24) is 9.21 Å². The molecule has 0 saturated carbocycles. The van der Waals surface area contributed by atoms with Crippen LogP contribution < -0.4 is 10.7 Å². The van der Waals surface area contributed by atoms with E-state index in [1.165, 1.54) is 46.7 Å². The van der Waals surface area contributed by atoms with E-state index in [-0.39, 0.29) is 41.8 Å². The number of rotatable bonds is 12. The number of benzene rings is 3. The molecule has 0 spiro atoms. The maximum Gasteiger partial charge on any atom is 0.243 e. The van der Waals surface area contributed by atoms with Crippen LogP contribution in [0.3, 0.4) is 0 Å². The van der Waals surface area contributed by atoms with Gasteiger partial charge in [-0.15, -0.1) is 0 Å². The van der Waals surface area contributed by atoms with Gasteiger partial charge >= 0.3 is 0 Å². The van der Waals surface area contributed by atoms with Gasteiger partial charge in [-0.1, -0.05) is 55.8 Å². The zero-order valence-electron chi connectivity index (χ0n) is 24.9. The van der Waals surface area contributed by atoms with Gasteiger partial charge in [0.1, 0.15) is 5.58 Å². The number of sulfonamides is 1. The summed E-state index contributed by atoms with van der Waals surface area (Å²) in [4.78, 5) is 40.2. The van der Waals surface area contributed by atoms with Crippen molar-refractivity contribution in [3.63, 3.8) is 0 Å². The molecule has 10 heteroatoms. The molecule has 0 atom stereocenters. The first kappa shape index (κ1) is 31.7. The summed E-state index contributed by atoms with van der Waals surface area (Å²) in [5.74, 6) is -0.523. The second-order valence-corrected chi connectivity index (χ2v) is 13.0. The van der Waals surface area contributed by atoms with Gasteiger partial charge in [-0.2, -0.15) is 4.31 Å². The zero-order chi connectivity index (χ0) is 31.1. The number of anilines is 1. The highest BCUT2D eigenvalue weighted by Crippen LogP contribution is 2.21. The summed E-state index contributed by atoms with van der Waals surface area (Å²) < 4.78 is 34.5. The number of aryl methyl sites for hydroxylation is 1. The minimum Gasteiger partial charge on any atom is -0.464 e. The van der Waals surface area contributed by atoms with Gasteiger partial charge in [-0.3, -0.25) is 14.4 Å². The van der Waals surface area contributed by atoms with E-state index in [4.69, 9.17) is 4.42 Å². The van der Waals surface area contributed by atoms with E-state index in [9.17, 15) is 22.8 Å². The molecule has 9 nitrogen and oxygen atoms in total. The van der Waals surface area contributed by atoms with Crippen LogP contribution in [-0.2, 0) is 32.7 Å². The highest BCUT2D eigenvalue weighted by Gasteiger charge is 2.29. The Kier molecular flexibility index (Phi) is 10.2. The molecule has 0 radical (unpaired) electrons. The molecule has 1 heterocycles. The molecule has 0 aliphatic carbocycles. The Balaban J connectivity index is 1.66. The molecule has 0 fully saturated rings. The lowest BCUT2D eigenvalue weighted by Crippen LogP contribution is -2.43. The summed E-state index contributed by atoms with van der Waals surface area (Å²) in [5, 5.41) is 3.05. The van der Waals surface area contributed by atoms with Crippen LogP contribution in [0.5, 0.6) is 0 Å². The summed E-state index contributed by atoms with van der Waals surface area (Å²) in [6.07, 6.45) is 1.91. The lowest BCUT2D eigenvalue weighted by Gasteiger charge is -2.28. The number of fused-ring (bicyclic) bond motifs is 1. The largest absolute Gasteiger partial charge is 0.464 e. The molecule has 3 aromatic carbocycles. The fraction of sp³-hybridized carbons (Fsp3) is 0.303. The average Bonchev–Trinajstić information content (AvgIpc) is 2.96. The van der Waals surface area contributed by atoms with E-state index >= 15 is 0 Å². The Bertz CT molecular complexity index is 1750. The highest BCUT2D eigenvalue weighted by molar-refractivity contribution is 7.89. The first-order valence-electron chi connectivity index (χ1n) is 14.1. The van der Waals surface area contributed by atoms with Crippen LogP contribution in [-0.4, -0.2) is 42.5 Å². The minimum atomic E-state index is -4.07. The van der Waals surface area contributed by atoms with Crippen LogP contribution in [0.1, 0.15) is 43.9 Å². The lowest BCUT2D eigenvalue weighted by atomic mass is 10.1. The predicted octanol–water partition coefficient (Wildman–Crippen LogP) is 5.33. The molecule has 0 aliphatic rings. The van der Waals surface area contributed by atoms with Crippen LogP contribution in [0.25, 0.3) is 11.0 Å². The fourth-order valence-corrected chi connectivity index (χ4v) is 6.04. The normalized spacial score (nSPS) is 11.7. The number of carbonyl (C=O) groups is 2. The van der Waals surface area contributed by atoms with E-state index in [1.54, 1.807) is 12.1 Å². The molecular weight excluding hydrogens is 566 g/mol. The monoisotopic (exact) mass is 603 g/mol. The first-order valence-corrected chi connectivity index (χ1v) is 15.6. The number of nitrogens with zero attached hydrogens (tertiary/aromatic N) is 2. The molecule has 0 bridgehead atoms. The third kappa shape index (κ3) is 8.18. The van der Waals surface area contributed by atoms with E-state index in [0.29, 0.717) is 28.6 Å². The van der Waals surface area contributed by atoms with E-state index < -0.39 is 22.5 Å². The molecule has 0 unspecified atom stereocenters. The highest BCUT2D eigenvalue weighted by atomic mass is 32.2. The summed E-state index contributed by atoms with van der Waals surface area (Å²) in [6, 6.07) is 20.5. The number of hydrogen-bond donors (Lipinski definition) is 1. The molecular formula is C33H37N3O6S. The van der Waals surface area contributed by atoms with Gasteiger partial charge in [0.05, 0.1) is 35.2 Å². The van der Waals surface area contributed by atoms with Gasteiger partial charge in [0.25, 0.3) is 0 Å². The molecule has 1 aromatic heterocycles. The van der Waals surface area contributed by atoms with Crippen molar-refractivity contribution >= 4 is 38.5 Å². The number of carbonyl (C=O) groups excluding carboxylic acids is 2. The van der Waals surface area contributed by atoms with E-state index in [1.807, 2.05) is 57.2 Å². The number of hydrogen-bond acceptors (Lipinski definition) is 6. The smallest absolute Gasteiger partial charge is 0.243 e. The third-order valence-electron chi connectivity index (χ3n) is 7.01. The molecule has 1 N–H and O–H groups in total. The molecule has 4 aromatic rings. The SMILES string of the molecule is CC(=O)Nc1ccc(S(=O)(=O)N(CCC(C)C)CC(=O)N(Cc2ccccc2)Cc2coc3ccc(C)cc3c2=O)cc1. The van der Waals surface area contributed by atoms with Crippen molar-refractivity contribution in [2.45, 2.75) is 52.1 Å². The second kappa shape index (κ2) is 13.8. The molecule has 43 heavy (non-hydrogen) atoms. The standard InChI is InChI=1S/C33H37N3O6S/c1-23(2)16-17-36(43(40,41)29-13-11-28(12-14-29)34-25(4)37)21-32(38)35(19-26-8-6-5-7-9-26)20-27-22-42-31-15-10-24(3)18-30(31)33(27)39/h5-15,18,22-23H,16-17,19-21H2,1-4H3,(H,34,37). The van der Waals surface area contributed by atoms with Crippen LogP contribution >= 0.6 is 0 Å². The van der Waals surface area contributed by atoms with Crippen molar-refractivity contribution in [3.8, 4) is 0 Å². The van der Waals surface area contributed by atoms with Gasteiger partial charge in [0.15, 0.2) is 5.43 Å². The number of amides is 2. The van der Waals surface area contributed by atoms with Crippen molar-refractivity contribution in [3.05, 3.63) is 106 Å². The first-order chi connectivity index (χ1) is 20.4. The molecule has 0 aliphatic heterocycles. The van der Waals surface area contributed by atoms with Gasteiger partial charge in [-0.25, -0.2) is 8.42 Å². The van der Waals surface area contributed by atoms with Crippen LogP contribution in [0.2, 0.25) is 0 Å². The predicted molar refractivity (Wildman–Crippen MR) is 167 cm³/mol. The third-order valence-corrected chi connectivity index (χ3v) is 8.87. The van der Waals surface area contributed by atoms with Crippen LogP contribution in [0.4, 0.5) is 5.69 Å². The molecule has 226 valence electrons. The van der Waals surface area contributed by atoms with Crippen molar-refractivity contribution in [2.75, 3.05) is 18.4 Å². The Labute approximate surface area is 252 Å². The lowest BCUT2D eigenvalue weighted by molar-refractivity contribution is -0.132. The van der Waals surface area contributed by atoms with Crippen LogP contribution in [0.15, 0.2) is 93.2 Å². The van der Waals surface area contributed by atoms with Gasteiger partial charge in [-0.05, 0) is 61.2 Å². The van der Waals surface area contributed by atoms with E-state index in [0.717, 1.165) is 11.1 Å². The van der Waals surface area contributed by atoms with Gasteiger partial charge in [0.2, 0.25) is 21.8 Å². The zero-order valence-corrected chi connectivity index (χ0v) is 25.7. The summed E-state index contributed by atoms with van der Waals surface area (Å²) in [6.45, 7) is 7.07. The van der Waals surface area contributed by atoms with Gasteiger partial charge < -0.3 is 14.6 Å². The number of nitrogens with one attached hydrogen (secondary N) is 1. The minimum absolute atomic E-state index is 0.0123. The van der Waals surface area contributed by atoms with Crippen LogP contribution in [0, 0.1) is 12.8 Å². The summed E-state index contributed by atoms with van der Waals surface area (Å²) in [7, 11) is -4.07. The van der Waals surface area contributed by atoms with Crippen molar-refractivity contribution in [1.29, 1.82) is 0 Å². The maximum atomic E-state index is 13.9. The van der Waals surface area contributed by atoms with E-state index in [2.05, 4.69) is 5.32 Å². The van der Waals surface area contributed by atoms with Crippen molar-refractivity contribution in [2.24, 2.45) is 5.92 Å². The quantitative estimate of drug-likeness (QED) is 0.234. The Morgan fingerprint density at radius 3 is 2.30 bits per heavy atom. The molecule has 4 rings (SSSR count). The Morgan fingerprint density at radius 2 is 1.65 bits per heavy atom. The summed E-state index contributed by atoms with van der Waals surface area (Å²) >= 11 is 0. The summed E-state index contributed by atoms with van der Waals surface area (Å²) in [5.41, 5.74) is 2.73. The van der Waals surface area contributed by atoms with Gasteiger partial charge in [0, 0.05) is 25.7 Å². The molecule has 2 amide bonds.